The topological polar surface area (TPSA) is 74.2 Å². The first-order valence-corrected chi connectivity index (χ1v) is 6.14. The highest BCUT2D eigenvalue weighted by atomic mass is 32.1. The zero-order valence-corrected chi connectivity index (χ0v) is 10.1. The molecule has 6 heteroatoms. The third-order valence-electron chi connectivity index (χ3n) is 1.92. The highest BCUT2D eigenvalue weighted by Gasteiger charge is 2.00. The number of rotatable bonds is 6. The number of nitrogens with one attached hydrogen (secondary N) is 2. The maximum Gasteiger partial charge on any atom is 0.314 e. The van der Waals surface area contributed by atoms with Gasteiger partial charge in [-0.3, -0.25) is 0 Å². The van der Waals surface area contributed by atoms with Crippen LogP contribution >= 0.6 is 11.3 Å². The third kappa shape index (κ3) is 5.09. The fraction of sp³-hybridized carbons (Fsp3) is 0.600. The summed E-state index contributed by atoms with van der Waals surface area (Å²) in [6, 6.07) is -0.232. The minimum Gasteiger partial charge on any atom is -0.395 e. The van der Waals surface area contributed by atoms with Crippen LogP contribution in [0.2, 0.25) is 0 Å². The first-order valence-electron chi connectivity index (χ1n) is 5.26. The fourth-order valence-corrected chi connectivity index (χ4v) is 2.01. The number of thiazole rings is 1. The van der Waals surface area contributed by atoms with E-state index in [-0.39, 0.29) is 19.2 Å². The SMILES string of the molecule is Cc1csc(CCCNC(=O)NCCO)n1. The Kier molecular flexibility index (Phi) is 5.81. The second kappa shape index (κ2) is 7.19. The maximum absolute atomic E-state index is 11.1. The number of aliphatic hydroxyl groups is 1. The number of urea groups is 1. The molecule has 1 aromatic heterocycles. The molecule has 16 heavy (non-hydrogen) atoms. The number of hydrogen-bond acceptors (Lipinski definition) is 4. The Labute approximate surface area is 98.9 Å². The zero-order chi connectivity index (χ0) is 11.8. The van der Waals surface area contributed by atoms with E-state index in [9.17, 15) is 4.79 Å². The molecule has 0 aromatic carbocycles. The molecule has 0 spiro atoms. The van der Waals surface area contributed by atoms with Crippen molar-refractivity contribution >= 4 is 17.4 Å². The predicted octanol–water partition coefficient (Wildman–Crippen LogP) is 0.676. The predicted molar refractivity (Wildman–Crippen MR) is 63.7 cm³/mol. The van der Waals surface area contributed by atoms with Crippen LogP contribution in [0.1, 0.15) is 17.1 Å². The summed E-state index contributed by atoms with van der Waals surface area (Å²) in [5.41, 5.74) is 1.05. The summed E-state index contributed by atoms with van der Waals surface area (Å²) in [5, 5.41) is 16.9. The monoisotopic (exact) mass is 243 g/mol. The quantitative estimate of drug-likeness (QED) is 0.643. The highest BCUT2D eigenvalue weighted by molar-refractivity contribution is 7.09. The van der Waals surface area contributed by atoms with E-state index in [4.69, 9.17) is 5.11 Å². The lowest BCUT2D eigenvalue weighted by molar-refractivity contribution is 0.234. The van der Waals surface area contributed by atoms with Crippen LogP contribution in [0.25, 0.3) is 0 Å². The van der Waals surface area contributed by atoms with E-state index >= 15 is 0 Å². The number of carbonyl (C=O) groups is 1. The smallest absolute Gasteiger partial charge is 0.314 e. The molecule has 1 aromatic rings. The van der Waals surface area contributed by atoms with E-state index in [1.807, 2.05) is 12.3 Å². The van der Waals surface area contributed by atoms with Gasteiger partial charge in [-0.1, -0.05) is 0 Å². The van der Waals surface area contributed by atoms with Crippen LogP contribution in [-0.4, -0.2) is 35.8 Å². The number of aryl methyl sites for hydroxylation is 2. The van der Waals surface area contributed by atoms with Gasteiger partial charge in [0, 0.05) is 30.6 Å². The van der Waals surface area contributed by atoms with Gasteiger partial charge in [0.15, 0.2) is 0 Å². The van der Waals surface area contributed by atoms with Gasteiger partial charge in [-0.25, -0.2) is 9.78 Å². The second-order valence-corrected chi connectivity index (χ2v) is 4.34. The van der Waals surface area contributed by atoms with Crippen molar-refractivity contribution in [2.75, 3.05) is 19.7 Å². The largest absolute Gasteiger partial charge is 0.395 e. The molecule has 5 nitrogen and oxygen atoms in total. The lowest BCUT2D eigenvalue weighted by atomic mass is 10.3. The molecule has 3 N–H and O–H groups in total. The normalized spacial score (nSPS) is 10.1. The van der Waals surface area contributed by atoms with E-state index in [1.165, 1.54) is 0 Å². The summed E-state index contributed by atoms with van der Waals surface area (Å²) in [5.74, 6) is 0. The van der Waals surface area contributed by atoms with Gasteiger partial charge in [0.2, 0.25) is 0 Å². The van der Waals surface area contributed by atoms with Crippen LogP contribution in [0.5, 0.6) is 0 Å². The Balaban J connectivity index is 2.05. The van der Waals surface area contributed by atoms with Crippen LogP contribution < -0.4 is 10.6 Å². The number of hydrogen-bond donors (Lipinski definition) is 3. The minimum absolute atomic E-state index is 0.0359. The number of carbonyl (C=O) groups excluding carboxylic acids is 1. The Bertz CT molecular complexity index is 328. The van der Waals surface area contributed by atoms with Gasteiger partial charge >= 0.3 is 6.03 Å². The Morgan fingerprint density at radius 3 is 2.88 bits per heavy atom. The highest BCUT2D eigenvalue weighted by Crippen LogP contribution is 2.10. The van der Waals surface area contributed by atoms with E-state index in [1.54, 1.807) is 11.3 Å². The van der Waals surface area contributed by atoms with Gasteiger partial charge in [-0.05, 0) is 13.3 Å². The third-order valence-corrected chi connectivity index (χ3v) is 2.94. The second-order valence-electron chi connectivity index (χ2n) is 3.39. The van der Waals surface area contributed by atoms with Crippen LogP contribution in [0.3, 0.4) is 0 Å². The van der Waals surface area contributed by atoms with E-state index in [0.29, 0.717) is 6.54 Å². The van der Waals surface area contributed by atoms with Crippen LogP contribution in [0, 0.1) is 6.92 Å². The van der Waals surface area contributed by atoms with Crippen molar-refractivity contribution in [3.8, 4) is 0 Å². The average Bonchev–Trinajstić information content (AvgIpc) is 2.67. The van der Waals surface area contributed by atoms with Crippen molar-refractivity contribution in [3.63, 3.8) is 0 Å². The van der Waals surface area contributed by atoms with E-state index in [0.717, 1.165) is 23.5 Å². The first-order chi connectivity index (χ1) is 7.72. The van der Waals surface area contributed by atoms with Crippen LogP contribution in [0.15, 0.2) is 5.38 Å². The molecule has 0 saturated carbocycles. The molecule has 1 heterocycles. The van der Waals surface area contributed by atoms with Crippen molar-refractivity contribution in [1.82, 2.24) is 15.6 Å². The van der Waals surface area contributed by atoms with Crippen molar-refractivity contribution in [3.05, 3.63) is 16.1 Å². The molecule has 1 rings (SSSR count). The molecule has 2 amide bonds. The minimum atomic E-state index is -0.232. The molecule has 0 saturated heterocycles. The van der Waals surface area contributed by atoms with Crippen molar-refractivity contribution in [2.45, 2.75) is 19.8 Å². The molecule has 0 atom stereocenters. The van der Waals surface area contributed by atoms with Crippen LogP contribution in [0.4, 0.5) is 4.79 Å². The first kappa shape index (κ1) is 12.9. The van der Waals surface area contributed by atoms with Gasteiger partial charge in [0.1, 0.15) is 0 Å². The molecular weight excluding hydrogens is 226 g/mol. The van der Waals surface area contributed by atoms with E-state index < -0.39 is 0 Å². The van der Waals surface area contributed by atoms with Crippen molar-refractivity contribution in [2.24, 2.45) is 0 Å². The molecule has 90 valence electrons. The number of amides is 2. The van der Waals surface area contributed by atoms with Crippen molar-refractivity contribution < 1.29 is 9.90 Å². The van der Waals surface area contributed by atoms with Gasteiger partial charge < -0.3 is 15.7 Å². The zero-order valence-electron chi connectivity index (χ0n) is 9.32. The molecule has 0 fully saturated rings. The Hall–Kier alpha value is -1.14. The lowest BCUT2D eigenvalue weighted by Gasteiger charge is -2.05. The van der Waals surface area contributed by atoms with Crippen molar-refractivity contribution in [1.29, 1.82) is 0 Å². The van der Waals surface area contributed by atoms with Gasteiger partial charge in [-0.15, -0.1) is 11.3 Å². The van der Waals surface area contributed by atoms with Gasteiger partial charge in [-0.2, -0.15) is 0 Å². The average molecular weight is 243 g/mol. The summed E-state index contributed by atoms with van der Waals surface area (Å²) >= 11 is 1.65. The lowest BCUT2D eigenvalue weighted by Crippen LogP contribution is -2.37. The summed E-state index contributed by atoms with van der Waals surface area (Å²) in [7, 11) is 0. The number of aliphatic hydroxyl groups excluding tert-OH is 1. The van der Waals surface area contributed by atoms with Crippen LogP contribution in [-0.2, 0) is 6.42 Å². The molecule has 0 aliphatic carbocycles. The summed E-state index contributed by atoms with van der Waals surface area (Å²) in [6.07, 6.45) is 1.76. The summed E-state index contributed by atoms with van der Waals surface area (Å²) in [6.45, 7) is 2.85. The summed E-state index contributed by atoms with van der Waals surface area (Å²) < 4.78 is 0. The summed E-state index contributed by atoms with van der Waals surface area (Å²) in [4.78, 5) is 15.4. The Morgan fingerprint density at radius 1 is 1.50 bits per heavy atom. The molecule has 0 unspecified atom stereocenters. The van der Waals surface area contributed by atoms with Gasteiger partial charge in [0.25, 0.3) is 0 Å². The van der Waals surface area contributed by atoms with Gasteiger partial charge in [0.05, 0.1) is 11.6 Å². The standard InChI is InChI=1S/C10H17N3O2S/c1-8-7-16-9(13-8)3-2-4-11-10(15)12-5-6-14/h7,14H,2-6H2,1H3,(H2,11,12,15). The van der Waals surface area contributed by atoms with E-state index in [2.05, 4.69) is 15.6 Å². The molecule has 0 bridgehead atoms. The fourth-order valence-electron chi connectivity index (χ4n) is 1.19. The number of aromatic nitrogens is 1. The molecule has 0 radical (unpaired) electrons. The number of nitrogens with zero attached hydrogens (tertiary/aromatic N) is 1. The molecule has 0 aliphatic rings. The molecule has 0 aliphatic heterocycles. The molecular formula is C10H17N3O2S. The maximum atomic E-state index is 11.1. The Morgan fingerprint density at radius 2 is 2.25 bits per heavy atom.